The lowest BCUT2D eigenvalue weighted by Crippen LogP contribution is -2.26. The first-order chi connectivity index (χ1) is 12.6. The van der Waals surface area contributed by atoms with Crippen LogP contribution in [-0.4, -0.2) is 39.6 Å². The monoisotopic (exact) mass is 354 g/mol. The van der Waals surface area contributed by atoms with Crippen molar-refractivity contribution in [2.24, 2.45) is 0 Å². The van der Waals surface area contributed by atoms with Crippen molar-refractivity contribution >= 4 is 16.7 Å². The molecule has 0 aliphatic heterocycles. The Balaban J connectivity index is 2.15. The Kier molecular flexibility index (Phi) is 5.18. The van der Waals surface area contributed by atoms with Crippen LogP contribution in [0.1, 0.15) is 13.8 Å². The van der Waals surface area contributed by atoms with Gasteiger partial charge in [0.2, 0.25) is 0 Å². The average molecular weight is 354 g/mol. The molecule has 3 rings (SSSR count). The number of hydrogen-bond donors (Lipinski definition) is 0. The van der Waals surface area contributed by atoms with Gasteiger partial charge in [-0.25, -0.2) is 4.98 Å². The van der Waals surface area contributed by atoms with E-state index in [1.807, 2.05) is 24.3 Å². The number of rotatable bonds is 7. The normalized spacial score (nSPS) is 11.2. The number of aromatic nitrogens is 2. The van der Waals surface area contributed by atoms with E-state index in [4.69, 9.17) is 9.72 Å². The minimum Gasteiger partial charge on any atom is -0.497 e. The Bertz CT molecular complexity index is 914. The summed E-state index contributed by atoms with van der Waals surface area (Å²) in [6, 6.07) is 12.5. The molecule has 0 N–H and O–H groups in total. The van der Waals surface area contributed by atoms with E-state index >= 15 is 0 Å². The SMILES string of the molecule is CCN(CC)Cn1c(-c2ccc(OC)cc2)nc2cc([N+](=O)[O-])ccc21. The van der Waals surface area contributed by atoms with Crippen LogP contribution < -0.4 is 4.74 Å². The Morgan fingerprint density at radius 2 is 1.85 bits per heavy atom. The molecule has 7 heteroatoms. The van der Waals surface area contributed by atoms with Gasteiger partial charge < -0.3 is 9.30 Å². The number of methoxy groups -OCH3 is 1. The highest BCUT2D eigenvalue weighted by Crippen LogP contribution is 2.29. The summed E-state index contributed by atoms with van der Waals surface area (Å²) in [5, 5.41) is 11.1. The second-order valence-electron chi connectivity index (χ2n) is 5.97. The van der Waals surface area contributed by atoms with Gasteiger partial charge in [0.15, 0.2) is 0 Å². The fourth-order valence-electron chi connectivity index (χ4n) is 2.96. The third-order valence-corrected chi connectivity index (χ3v) is 4.53. The van der Waals surface area contributed by atoms with Crippen molar-refractivity contribution in [3.63, 3.8) is 0 Å². The summed E-state index contributed by atoms with van der Waals surface area (Å²) in [5.41, 5.74) is 2.49. The Hall–Kier alpha value is -2.93. The molecule has 0 aliphatic carbocycles. The van der Waals surface area contributed by atoms with Gasteiger partial charge in [-0.2, -0.15) is 0 Å². The van der Waals surface area contributed by atoms with E-state index in [2.05, 4.69) is 23.3 Å². The zero-order valence-electron chi connectivity index (χ0n) is 15.2. The van der Waals surface area contributed by atoms with Crippen molar-refractivity contribution in [1.29, 1.82) is 0 Å². The molecule has 7 nitrogen and oxygen atoms in total. The maximum atomic E-state index is 11.1. The van der Waals surface area contributed by atoms with Gasteiger partial charge in [0.25, 0.3) is 5.69 Å². The van der Waals surface area contributed by atoms with Crippen LogP contribution in [0, 0.1) is 10.1 Å². The largest absolute Gasteiger partial charge is 0.497 e. The van der Waals surface area contributed by atoms with Crippen LogP contribution in [0.4, 0.5) is 5.69 Å². The highest BCUT2D eigenvalue weighted by molar-refractivity contribution is 5.82. The van der Waals surface area contributed by atoms with Crippen molar-refractivity contribution in [1.82, 2.24) is 14.5 Å². The van der Waals surface area contributed by atoms with E-state index in [0.717, 1.165) is 35.7 Å². The van der Waals surface area contributed by atoms with E-state index in [0.29, 0.717) is 12.2 Å². The lowest BCUT2D eigenvalue weighted by atomic mass is 10.2. The molecular formula is C19H22N4O3. The summed E-state index contributed by atoms with van der Waals surface area (Å²) in [6.45, 7) is 6.71. The van der Waals surface area contributed by atoms with E-state index in [1.54, 1.807) is 13.2 Å². The second kappa shape index (κ2) is 7.53. The van der Waals surface area contributed by atoms with Crippen molar-refractivity contribution in [2.45, 2.75) is 20.5 Å². The molecular weight excluding hydrogens is 332 g/mol. The van der Waals surface area contributed by atoms with Crippen LogP contribution in [0.15, 0.2) is 42.5 Å². The molecule has 0 bridgehead atoms. The fraction of sp³-hybridized carbons (Fsp3) is 0.316. The quantitative estimate of drug-likeness (QED) is 0.475. The second-order valence-corrected chi connectivity index (χ2v) is 5.97. The fourth-order valence-corrected chi connectivity index (χ4v) is 2.96. The number of imidazole rings is 1. The molecule has 0 saturated heterocycles. The van der Waals surface area contributed by atoms with E-state index < -0.39 is 4.92 Å². The number of nitro benzene ring substituents is 1. The smallest absolute Gasteiger partial charge is 0.271 e. The van der Waals surface area contributed by atoms with Crippen LogP contribution in [0.2, 0.25) is 0 Å². The first kappa shape index (κ1) is 17.9. The van der Waals surface area contributed by atoms with Gasteiger partial charge in [-0.05, 0) is 43.4 Å². The summed E-state index contributed by atoms with van der Waals surface area (Å²) < 4.78 is 7.33. The predicted molar refractivity (Wildman–Crippen MR) is 101 cm³/mol. The Labute approximate surface area is 152 Å². The molecule has 0 aliphatic rings. The summed E-state index contributed by atoms with van der Waals surface area (Å²) in [7, 11) is 1.63. The molecule has 136 valence electrons. The third kappa shape index (κ3) is 3.39. The molecule has 0 radical (unpaired) electrons. The molecule has 3 aromatic rings. The topological polar surface area (TPSA) is 73.4 Å². The standard InChI is InChI=1S/C19H22N4O3/c1-4-21(5-2)13-22-18-11-8-15(23(24)25)12-17(18)20-19(22)14-6-9-16(26-3)10-7-14/h6-12H,4-5,13H2,1-3H3. The highest BCUT2D eigenvalue weighted by atomic mass is 16.6. The van der Waals surface area contributed by atoms with E-state index in [-0.39, 0.29) is 5.69 Å². The molecule has 1 heterocycles. The number of non-ortho nitro benzene ring substituents is 1. The van der Waals surface area contributed by atoms with Crippen molar-refractivity contribution in [2.75, 3.05) is 20.2 Å². The Morgan fingerprint density at radius 1 is 1.15 bits per heavy atom. The van der Waals surface area contributed by atoms with Crippen molar-refractivity contribution < 1.29 is 9.66 Å². The van der Waals surface area contributed by atoms with Gasteiger partial charge >= 0.3 is 0 Å². The predicted octanol–water partition coefficient (Wildman–Crippen LogP) is 3.92. The maximum absolute atomic E-state index is 11.1. The maximum Gasteiger partial charge on any atom is 0.271 e. The summed E-state index contributed by atoms with van der Waals surface area (Å²) in [6.07, 6.45) is 0. The van der Waals surface area contributed by atoms with E-state index in [9.17, 15) is 10.1 Å². The summed E-state index contributed by atoms with van der Waals surface area (Å²) >= 11 is 0. The zero-order valence-corrected chi connectivity index (χ0v) is 15.2. The molecule has 26 heavy (non-hydrogen) atoms. The lowest BCUT2D eigenvalue weighted by Gasteiger charge is -2.21. The van der Waals surface area contributed by atoms with Crippen LogP contribution in [0.25, 0.3) is 22.4 Å². The number of hydrogen-bond acceptors (Lipinski definition) is 5. The third-order valence-electron chi connectivity index (χ3n) is 4.53. The van der Waals surface area contributed by atoms with Crippen molar-refractivity contribution in [3.05, 3.63) is 52.6 Å². The van der Waals surface area contributed by atoms with Crippen LogP contribution in [0.3, 0.4) is 0 Å². The highest BCUT2D eigenvalue weighted by Gasteiger charge is 2.17. The number of nitrogens with zero attached hydrogens (tertiary/aromatic N) is 4. The molecule has 0 spiro atoms. The van der Waals surface area contributed by atoms with Gasteiger partial charge in [-0.15, -0.1) is 0 Å². The average Bonchev–Trinajstić information content (AvgIpc) is 3.03. The number of ether oxygens (including phenoxy) is 1. The summed E-state index contributed by atoms with van der Waals surface area (Å²) in [4.78, 5) is 17.7. The van der Waals surface area contributed by atoms with Crippen LogP contribution in [-0.2, 0) is 6.67 Å². The van der Waals surface area contributed by atoms with Gasteiger partial charge in [-0.1, -0.05) is 13.8 Å². The molecule has 0 atom stereocenters. The first-order valence-electron chi connectivity index (χ1n) is 8.58. The van der Waals surface area contributed by atoms with Gasteiger partial charge in [0.05, 0.1) is 29.7 Å². The molecule has 0 unspecified atom stereocenters. The minimum absolute atomic E-state index is 0.0475. The van der Waals surface area contributed by atoms with E-state index in [1.165, 1.54) is 12.1 Å². The lowest BCUT2D eigenvalue weighted by molar-refractivity contribution is -0.384. The number of nitro groups is 1. The first-order valence-corrected chi connectivity index (χ1v) is 8.58. The van der Waals surface area contributed by atoms with Gasteiger partial charge in [-0.3, -0.25) is 15.0 Å². The Morgan fingerprint density at radius 3 is 2.42 bits per heavy atom. The van der Waals surface area contributed by atoms with Gasteiger partial charge in [0.1, 0.15) is 11.6 Å². The molecule has 0 saturated carbocycles. The molecule has 0 fully saturated rings. The molecule has 2 aromatic carbocycles. The minimum atomic E-state index is -0.393. The van der Waals surface area contributed by atoms with Crippen LogP contribution in [0.5, 0.6) is 5.75 Å². The summed E-state index contributed by atoms with van der Waals surface area (Å²) in [5.74, 6) is 1.56. The molecule has 0 amide bonds. The van der Waals surface area contributed by atoms with Crippen molar-refractivity contribution in [3.8, 4) is 17.1 Å². The number of fused-ring (bicyclic) bond motifs is 1. The van der Waals surface area contributed by atoms with Crippen LogP contribution >= 0.6 is 0 Å². The zero-order chi connectivity index (χ0) is 18.7. The number of benzene rings is 2. The molecule has 1 aromatic heterocycles. The van der Waals surface area contributed by atoms with Gasteiger partial charge in [0, 0.05) is 17.7 Å².